The van der Waals surface area contributed by atoms with Gasteiger partial charge in [-0.25, -0.2) is 4.98 Å². The normalized spacial score (nSPS) is 23.9. The Morgan fingerprint density at radius 1 is 0.943 bits per heavy atom. The Balaban J connectivity index is 1.61. The van der Waals surface area contributed by atoms with Gasteiger partial charge in [-0.3, -0.25) is 4.79 Å². The maximum Gasteiger partial charge on any atom is 0.310 e. The Kier molecular flexibility index (Phi) is 5.01. The van der Waals surface area contributed by atoms with E-state index in [0.717, 1.165) is 22.4 Å². The molecule has 182 valence electrons. The van der Waals surface area contributed by atoms with E-state index in [9.17, 15) is 4.79 Å². The summed E-state index contributed by atoms with van der Waals surface area (Å²) >= 11 is 0. The fourth-order valence-corrected chi connectivity index (χ4v) is 5.79. The summed E-state index contributed by atoms with van der Waals surface area (Å²) in [5.74, 6) is 1.85. The van der Waals surface area contributed by atoms with Crippen molar-refractivity contribution in [3.63, 3.8) is 0 Å². The Hall–Kier alpha value is -3.88. The second-order valence-electron chi connectivity index (χ2n) is 9.00. The molecule has 0 unspecified atom stereocenters. The van der Waals surface area contributed by atoms with Crippen LogP contribution in [0.5, 0.6) is 28.7 Å². The largest absolute Gasteiger partial charge is 0.493 e. The van der Waals surface area contributed by atoms with Gasteiger partial charge in [0.25, 0.3) is 0 Å². The van der Waals surface area contributed by atoms with E-state index in [1.54, 1.807) is 21.3 Å². The molecule has 3 aliphatic rings. The topological polar surface area (TPSA) is 90.3 Å². The number of carbonyl (C=O) groups excluding carboxylic acids is 1. The minimum absolute atomic E-state index is 0.104. The van der Waals surface area contributed by atoms with Crippen molar-refractivity contribution in [3.05, 3.63) is 59.2 Å². The third-order valence-corrected chi connectivity index (χ3v) is 7.25. The smallest absolute Gasteiger partial charge is 0.310 e. The quantitative estimate of drug-likeness (QED) is 0.515. The predicted octanol–water partition coefficient (Wildman–Crippen LogP) is 3.47. The number of cyclic esters (lactones) is 1. The number of esters is 1. The van der Waals surface area contributed by atoms with E-state index in [-0.39, 0.29) is 30.6 Å². The van der Waals surface area contributed by atoms with Crippen LogP contribution in [0.4, 0.5) is 0 Å². The molecule has 4 atom stereocenters. The van der Waals surface area contributed by atoms with Crippen molar-refractivity contribution in [2.24, 2.45) is 11.8 Å². The van der Waals surface area contributed by atoms with Crippen LogP contribution < -0.4 is 23.7 Å². The van der Waals surface area contributed by atoms with Crippen LogP contribution in [0.25, 0.3) is 0 Å². The molecular weight excluding hydrogens is 452 g/mol. The molecule has 3 aromatic rings. The lowest BCUT2D eigenvalue weighted by Gasteiger charge is -2.39. The predicted molar refractivity (Wildman–Crippen MR) is 124 cm³/mol. The molecule has 2 aromatic carbocycles. The zero-order valence-corrected chi connectivity index (χ0v) is 19.9. The molecule has 9 nitrogen and oxygen atoms in total. The average molecular weight is 479 g/mol. The van der Waals surface area contributed by atoms with Crippen LogP contribution in [0.2, 0.25) is 0 Å². The van der Waals surface area contributed by atoms with E-state index in [2.05, 4.69) is 9.55 Å². The third kappa shape index (κ3) is 3.21. The number of nitrogens with zero attached hydrogens (tertiary/aromatic N) is 2. The molecule has 0 amide bonds. The van der Waals surface area contributed by atoms with Crippen LogP contribution in [0, 0.1) is 18.8 Å². The number of aromatic nitrogens is 2. The fraction of sp³-hybridized carbons (Fsp3) is 0.385. The van der Waals surface area contributed by atoms with Gasteiger partial charge in [0, 0.05) is 18.0 Å². The zero-order valence-electron chi connectivity index (χ0n) is 19.9. The molecule has 2 aliphatic heterocycles. The number of hydrogen-bond donors (Lipinski definition) is 0. The molecule has 6 rings (SSSR count). The van der Waals surface area contributed by atoms with Crippen LogP contribution in [0.15, 0.2) is 36.8 Å². The molecule has 0 saturated carbocycles. The first kappa shape index (κ1) is 21.6. The number of imidazole rings is 1. The van der Waals surface area contributed by atoms with Crippen molar-refractivity contribution >= 4 is 5.97 Å². The summed E-state index contributed by atoms with van der Waals surface area (Å²) in [7, 11) is 4.73. The van der Waals surface area contributed by atoms with E-state index in [1.165, 1.54) is 0 Å². The highest BCUT2D eigenvalue weighted by Gasteiger charge is 2.53. The number of fused-ring (bicyclic) bond motifs is 3. The van der Waals surface area contributed by atoms with Crippen molar-refractivity contribution in [2.45, 2.75) is 18.9 Å². The monoisotopic (exact) mass is 478 g/mol. The van der Waals surface area contributed by atoms with Crippen LogP contribution in [0.1, 0.15) is 34.3 Å². The standard InChI is InChI=1S/C26H26N2O7/c1-13-9-28(11-27-13)24-16-8-19-18(34-12-35-19)7-15(16)22(23-17(24)10-33-26(23)29)14-5-20(30-2)25(32-4)21(6-14)31-3/h5-9,11,17,22-24H,10,12H2,1-4H3/t17-,22+,23-,24-/m0/s1. The van der Waals surface area contributed by atoms with Crippen LogP contribution in [-0.2, 0) is 9.53 Å². The minimum atomic E-state index is -0.418. The third-order valence-electron chi connectivity index (χ3n) is 7.25. The van der Waals surface area contributed by atoms with Gasteiger partial charge >= 0.3 is 5.97 Å². The molecule has 3 heterocycles. The highest BCUT2D eigenvalue weighted by Crippen LogP contribution is 2.56. The van der Waals surface area contributed by atoms with Gasteiger partial charge in [-0.1, -0.05) is 0 Å². The zero-order chi connectivity index (χ0) is 24.3. The lowest BCUT2D eigenvalue weighted by molar-refractivity contribution is -0.141. The Bertz CT molecular complexity index is 1290. The number of aryl methyl sites for hydroxylation is 1. The maximum atomic E-state index is 13.3. The number of carbonyl (C=O) groups is 1. The lowest BCUT2D eigenvalue weighted by atomic mass is 9.65. The summed E-state index contributed by atoms with van der Waals surface area (Å²) in [6.07, 6.45) is 3.81. The lowest BCUT2D eigenvalue weighted by Crippen LogP contribution is -2.37. The molecule has 9 heteroatoms. The summed E-state index contributed by atoms with van der Waals surface area (Å²) in [6, 6.07) is 7.69. The Labute approximate surface area is 202 Å². The summed E-state index contributed by atoms with van der Waals surface area (Å²) in [5.41, 5.74) is 3.79. The second kappa shape index (κ2) is 8.11. The van der Waals surface area contributed by atoms with Crippen molar-refractivity contribution in [1.29, 1.82) is 0 Å². The molecule has 1 saturated heterocycles. The van der Waals surface area contributed by atoms with Crippen molar-refractivity contribution in [3.8, 4) is 28.7 Å². The van der Waals surface area contributed by atoms with E-state index < -0.39 is 5.92 Å². The first-order chi connectivity index (χ1) is 17.0. The molecule has 35 heavy (non-hydrogen) atoms. The summed E-state index contributed by atoms with van der Waals surface area (Å²) < 4.78 is 36.0. The van der Waals surface area contributed by atoms with Crippen molar-refractivity contribution in [2.75, 3.05) is 34.7 Å². The number of hydrogen-bond acceptors (Lipinski definition) is 8. The Morgan fingerprint density at radius 2 is 1.63 bits per heavy atom. The van der Waals surface area contributed by atoms with E-state index in [4.69, 9.17) is 28.4 Å². The molecule has 1 fully saturated rings. The highest BCUT2D eigenvalue weighted by molar-refractivity contribution is 5.79. The van der Waals surface area contributed by atoms with Gasteiger partial charge in [0.05, 0.1) is 51.9 Å². The SMILES string of the molecule is COc1cc([C@@H]2c3cc4c(cc3[C@H](n3cnc(C)c3)[C@H]3COC(=O)[C@H]23)OCO4)cc(OC)c1OC. The number of benzene rings is 2. The van der Waals surface area contributed by atoms with Gasteiger partial charge in [-0.15, -0.1) is 0 Å². The summed E-state index contributed by atoms with van der Waals surface area (Å²) in [4.78, 5) is 17.7. The van der Waals surface area contributed by atoms with Crippen LogP contribution >= 0.6 is 0 Å². The van der Waals surface area contributed by atoms with Crippen molar-refractivity contribution < 1.29 is 33.2 Å². The number of ether oxygens (including phenoxy) is 6. The number of rotatable bonds is 5. The molecule has 0 radical (unpaired) electrons. The average Bonchev–Trinajstić information content (AvgIpc) is 3.60. The molecule has 0 bridgehead atoms. The van der Waals surface area contributed by atoms with Gasteiger partial charge < -0.3 is 33.0 Å². The molecule has 1 aromatic heterocycles. The summed E-state index contributed by atoms with van der Waals surface area (Å²) in [6.45, 7) is 2.43. The fourth-order valence-electron chi connectivity index (χ4n) is 5.79. The highest BCUT2D eigenvalue weighted by atomic mass is 16.7. The first-order valence-electron chi connectivity index (χ1n) is 11.4. The van der Waals surface area contributed by atoms with Gasteiger partial charge in [-0.2, -0.15) is 0 Å². The van der Waals surface area contributed by atoms with Crippen LogP contribution in [0.3, 0.4) is 0 Å². The molecule has 1 aliphatic carbocycles. The second-order valence-corrected chi connectivity index (χ2v) is 9.00. The molecule has 0 N–H and O–H groups in total. The van der Waals surface area contributed by atoms with Crippen molar-refractivity contribution in [1.82, 2.24) is 9.55 Å². The first-order valence-corrected chi connectivity index (χ1v) is 11.4. The van der Waals surface area contributed by atoms with E-state index in [0.29, 0.717) is 35.4 Å². The van der Waals surface area contributed by atoms with Gasteiger partial charge in [0.2, 0.25) is 12.5 Å². The van der Waals surface area contributed by atoms with Gasteiger partial charge in [-0.05, 0) is 47.9 Å². The summed E-state index contributed by atoms with van der Waals surface area (Å²) in [5, 5.41) is 0. The molecular formula is C26H26N2O7. The van der Waals surface area contributed by atoms with Gasteiger partial charge in [0.15, 0.2) is 23.0 Å². The van der Waals surface area contributed by atoms with E-state index in [1.807, 2.05) is 43.7 Å². The van der Waals surface area contributed by atoms with E-state index >= 15 is 0 Å². The van der Waals surface area contributed by atoms with Crippen LogP contribution in [-0.4, -0.2) is 50.2 Å². The Morgan fingerprint density at radius 3 is 2.23 bits per heavy atom. The van der Waals surface area contributed by atoms with Gasteiger partial charge in [0.1, 0.15) is 0 Å². The maximum absolute atomic E-state index is 13.3. The number of methoxy groups -OCH3 is 3. The molecule has 0 spiro atoms. The minimum Gasteiger partial charge on any atom is -0.493 e.